The van der Waals surface area contributed by atoms with Crippen molar-refractivity contribution in [2.75, 3.05) is 0 Å². The van der Waals surface area contributed by atoms with Crippen LogP contribution in [0.3, 0.4) is 0 Å². The van der Waals surface area contributed by atoms with Crippen LogP contribution in [0, 0.1) is 0 Å². The molecule has 0 saturated heterocycles. The summed E-state index contributed by atoms with van der Waals surface area (Å²) in [6.45, 7) is 6.53. The molecule has 1 aromatic heterocycles. The number of rotatable bonds is 0. The van der Waals surface area contributed by atoms with Crippen LogP contribution in [0.15, 0.2) is 29.0 Å². The minimum Gasteiger partial charge on any atom is -0.325 e. The third kappa shape index (κ3) is 1.57. The highest BCUT2D eigenvalue weighted by Crippen LogP contribution is 2.24. The molecule has 1 heterocycles. The van der Waals surface area contributed by atoms with Gasteiger partial charge in [-0.05, 0) is 39.0 Å². The molecule has 0 aliphatic heterocycles. The summed E-state index contributed by atoms with van der Waals surface area (Å²) in [6, 6.07) is 6.15. The van der Waals surface area contributed by atoms with Crippen LogP contribution >= 0.6 is 15.9 Å². The summed E-state index contributed by atoms with van der Waals surface area (Å²) < 4.78 is 3.28. The molecule has 0 N–H and O–H groups in total. The first-order valence-electron chi connectivity index (χ1n) is 4.61. The Morgan fingerprint density at radius 3 is 2.64 bits per heavy atom. The molecule has 0 bridgehead atoms. The van der Waals surface area contributed by atoms with Crippen LogP contribution in [0.25, 0.3) is 11.0 Å². The van der Waals surface area contributed by atoms with E-state index in [-0.39, 0.29) is 5.54 Å². The third-order valence-electron chi connectivity index (χ3n) is 2.23. The van der Waals surface area contributed by atoms with Crippen LogP contribution < -0.4 is 0 Å². The maximum absolute atomic E-state index is 4.37. The predicted octanol–water partition coefficient (Wildman–Crippen LogP) is 3.55. The largest absolute Gasteiger partial charge is 0.325 e. The molecule has 0 aliphatic rings. The standard InChI is InChI=1S/C11H13BrN2/c1-11(2,3)14-7-13-9-5-4-8(12)6-10(9)14/h4-7H,1-3H3. The highest BCUT2D eigenvalue weighted by Gasteiger charge is 2.15. The first kappa shape index (κ1) is 9.71. The molecule has 2 rings (SSSR count). The summed E-state index contributed by atoms with van der Waals surface area (Å²) >= 11 is 3.48. The Hall–Kier alpha value is -0.830. The van der Waals surface area contributed by atoms with E-state index in [1.165, 1.54) is 5.52 Å². The maximum Gasteiger partial charge on any atom is 0.0963 e. The molecule has 14 heavy (non-hydrogen) atoms. The van der Waals surface area contributed by atoms with E-state index in [9.17, 15) is 0 Å². The van der Waals surface area contributed by atoms with Gasteiger partial charge in [0.25, 0.3) is 0 Å². The minimum atomic E-state index is 0.0789. The van der Waals surface area contributed by atoms with E-state index in [2.05, 4.69) is 52.3 Å². The molecule has 3 heteroatoms. The van der Waals surface area contributed by atoms with Crippen molar-refractivity contribution in [2.24, 2.45) is 0 Å². The van der Waals surface area contributed by atoms with Crippen molar-refractivity contribution < 1.29 is 0 Å². The number of imidazole rings is 1. The Morgan fingerprint density at radius 2 is 2.00 bits per heavy atom. The van der Waals surface area contributed by atoms with Gasteiger partial charge in [0.05, 0.1) is 17.4 Å². The van der Waals surface area contributed by atoms with E-state index in [1.54, 1.807) is 0 Å². The van der Waals surface area contributed by atoms with Crippen LogP contribution in [0.2, 0.25) is 0 Å². The molecule has 74 valence electrons. The minimum absolute atomic E-state index is 0.0789. The SMILES string of the molecule is CC(C)(C)n1cnc2ccc(Br)cc21. The lowest BCUT2D eigenvalue weighted by Gasteiger charge is -2.21. The van der Waals surface area contributed by atoms with Crippen molar-refractivity contribution in [2.45, 2.75) is 26.3 Å². The molecule has 0 fully saturated rings. The highest BCUT2D eigenvalue weighted by atomic mass is 79.9. The van der Waals surface area contributed by atoms with Crippen LogP contribution in [-0.2, 0) is 5.54 Å². The summed E-state index contributed by atoms with van der Waals surface area (Å²) in [5.74, 6) is 0. The van der Waals surface area contributed by atoms with Gasteiger partial charge in [-0.25, -0.2) is 4.98 Å². The van der Waals surface area contributed by atoms with Crippen molar-refractivity contribution in [1.82, 2.24) is 9.55 Å². The van der Waals surface area contributed by atoms with E-state index in [0.717, 1.165) is 9.99 Å². The molecule has 0 amide bonds. The highest BCUT2D eigenvalue weighted by molar-refractivity contribution is 9.10. The molecular formula is C11H13BrN2. The second-order valence-electron chi connectivity index (χ2n) is 4.42. The molecule has 1 aromatic carbocycles. The van der Waals surface area contributed by atoms with E-state index >= 15 is 0 Å². The van der Waals surface area contributed by atoms with Gasteiger partial charge in [-0.15, -0.1) is 0 Å². The molecule has 2 nitrogen and oxygen atoms in total. The summed E-state index contributed by atoms with van der Waals surface area (Å²) in [4.78, 5) is 4.37. The fraction of sp³-hybridized carbons (Fsp3) is 0.364. The van der Waals surface area contributed by atoms with Gasteiger partial charge in [-0.3, -0.25) is 0 Å². The molecule has 2 aromatic rings. The van der Waals surface area contributed by atoms with Gasteiger partial charge in [-0.1, -0.05) is 15.9 Å². The average Bonchev–Trinajstić information content (AvgIpc) is 2.45. The maximum atomic E-state index is 4.37. The lowest BCUT2D eigenvalue weighted by molar-refractivity contribution is 0.408. The Labute approximate surface area is 92.1 Å². The van der Waals surface area contributed by atoms with Crippen molar-refractivity contribution in [3.63, 3.8) is 0 Å². The van der Waals surface area contributed by atoms with Crippen molar-refractivity contribution in [3.8, 4) is 0 Å². The molecule has 0 spiro atoms. The second-order valence-corrected chi connectivity index (χ2v) is 5.33. The smallest absolute Gasteiger partial charge is 0.0963 e. The number of fused-ring (bicyclic) bond motifs is 1. The Kier molecular flexibility index (Phi) is 2.14. The van der Waals surface area contributed by atoms with Gasteiger partial charge in [0.1, 0.15) is 0 Å². The molecule has 0 saturated carbocycles. The fourth-order valence-corrected chi connectivity index (χ4v) is 1.86. The number of hydrogen-bond donors (Lipinski definition) is 0. The van der Waals surface area contributed by atoms with Gasteiger partial charge in [0, 0.05) is 10.0 Å². The van der Waals surface area contributed by atoms with Gasteiger partial charge >= 0.3 is 0 Å². The molecule has 0 atom stereocenters. The zero-order valence-corrected chi connectivity index (χ0v) is 10.2. The van der Waals surface area contributed by atoms with Crippen molar-refractivity contribution in [3.05, 3.63) is 29.0 Å². The fourth-order valence-electron chi connectivity index (χ4n) is 1.52. The van der Waals surface area contributed by atoms with E-state index < -0.39 is 0 Å². The molecule has 0 unspecified atom stereocenters. The molecule has 0 aliphatic carbocycles. The lowest BCUT2D eigenvalue weighted by atomic mass is 10.1. The molecule has 0 radical (unpaired) electrons. The third-order valence-corrected chi connectivity index (χ3v) is 2.73. The molecular weight excluding hydrogens is 240 g/mol. The van der Waals surface area contributed by atoms with Gasteiger partial charge < -0.3 is 4.57 Å². The topological polar surface area (TPSA) is 17.8 Å². The van der Waals surface area contributed by atoms with E-state index in [4.69, 9.17) is 0 Å². The summed E-state index contributed by atoms with van der Waals surface area (Å²) in [5, 5.41) is 0. The second kappa shape index (κ2) is 3.09. The van der Waals surface area contributed by atoms with Crippen molar-refractivity contribution >= 4 is 27.0 Å². The van der Waals surface area contributed by atoms with Crippen LogP contribution in [-0.4, -0.2) is 9.55 Å². The number of hydrogen-bond acceptors (Lipinski definition) is 1. The van der Waals surface area contributed by atoms with Gasteiger partial charge in [0.2, 0.25) is 0 Å². The lowest BCUT2D eigenvalue weighted by Crippen LogP contribution is -2.20. The first-order valence-corrected chi connectivity index (χ1v) is 5.41. The quantitative estimate of drug-likeness (QED) is 0.702. The average molecular weight is 253 g/mol. The van der Waals surface area contributed by atoms with Gasteiger partial charge in [-0.2, -0.15) is 0 Å². The summed E-state index contributed by atoms with van der Waals surface area (Å²) in [5.41, 5.74) is 2.30. The van der Waals surface area contributed by atoms with Crippen LogP contribution in [0.4, 0.5) is 0 Å². The summed E-state index contributed by atoms with van der Waals surface area (Å²) in [6.07, 6.45) is 1.90. The monoisotopic (exact) mass is 252 g/mol. The van der Waals surface area contributed by atoms with Crippen molar-refractivity contribution in [1.29, 1.82) is 0 Å². The van der Waals surface area contributed by atoms with E-state index in [1.807, 2.05) is 18.5 Å². The predicted molar refractivity (Wildman–Crippen MR) is 62.4 cm³/mol. The Bertz CT molecular complexity index is 466. The zero-order chi connectivity index (χ0) is 10.3. The van der Waals surface area contributed by atoms with E-state index in [0.29, 0.717) is 0 Å². The number of nitrogens with zero attached hydrogens (tertiary/aromatic N) is 2. The number of aromatic nitrogens is 2. The van der Waals surface area contributed by atoms with Crippen LogP contribution in [0.5, 0.6) is 0 Å². The number of benzene rings is 1. The summed E-state index contributed by atoms with van der Waals surface area (Å²) in [7, 11) is 0. The zero-order valence-electron chi connectivity index (χ0n) is 8.58. The normalized spacial score (nSPS) is 12.3. The number of halogens is 1. The Balaban J connectivity index is 2.73. The Morgan fingerprint density at radius 1 is 1.29 bits per heavy atom. The van der Waals surface area contributed by atoms with Crippen LogP contribution in [0.1, 0.15) is 20.8 Å². The van der Waals surface area contributed by atoms with Gasteiger partial charge in [0.15, 0.2) is 0 Å². The first-order chi connectivity index (χ1) is 6.48.